The molecule has 3 heteroatoms. The van der Waals surface area contributed by atoms with Crippen LogP contribution in [0.2, 0.25) is 0 Å². The van der Waals surface area contributed by atoms with Crippen LogP contribution >= 0.6 is 0 Å². The fraction of sp³-hybridized carbons (Fsp3) is 0.167. The number of ketones is 1. The summed E-state index contributed by atoms with van der Waals surface area (Å²) in [6.07, 6.45) is 0. The topological polar surface area (TPSA) is 46.2 Å². The first kappa shape index (κ1) is 18.6. The van der Waals surface area contributed by atoms with Gasteiger partial charge in [0.1, 0.15) is 0 Å². The number of rotatable bonds is 6. The van der Waals surface area contributed by atoms with Crippen LogP contribution in [0.25, 0.3) is 0 Å². The Morgan fingerprint density at radius 3 is 2.26 bits per heavy atom. The van der Waals surface area contributed by atoms with E-state index < -0.39 is 0 Å². The first-order chi connectivity index (χ1) is 13.1. The number of benzene rings is 3. The van der Waals surface area contributed by atoms with Gasteiger partial charge >= 0.3 is 0 Å². The van der Waals surface area contributed by atoms with Crippen molar-refractivity contribution in [3.63, 3.8) is 0 Å². The summed E-state index contributed by atoms with van der Waals surface area (Å²) in [6, 6.07) is 24.5. The zero-order valence-corrected chi connectivity index (χ0v) is 15.6. The molecule has 0 spiro atoms. The number of aryl methyl sites for hydroxylation is 1. The molecule has 0 bridgehead atoms. The van der Waals surface area contributed by atoms with E-state index in [4.69, 9.17) is 0 Å². The Morgan fingerprint density at radius 2 is 1.52 bits per heavy atom. The van der Waals surface area contributed by atoms with E-state index in [0.29, 0.717) is 17.7 Å². The van der Waals surface area contributed by atoms with Crippen LogP contribution in [0.1, 0.15) is 45.5 Å². The predicted molar refractivity (Wildman–Crippen MR) is 108 cm³/mol. The molecule has 3 nitrogen and oxygen atoms in total. The van der Waals surface area contributed by atoms with Crippen molar-refractivity contribution in [3.05, 3.63) is 107 Å². The number of nitrogens with one attached hydrogen (secondary N) is 1. The molecule has 0 aliphatic rings. The Balaban J connectivity index is 1.71. The van der Waals surface area contributed by atoms with E-state index in [1.165, 1.54) is 0 Å². The average Bonchev–Trinajstić information content (AvgIpc) is 2.72. The maximum atomic E-state index is 12.6. The van der Waals surface area contributed by atoms with Gasteiger partial charge in [0.05, 0.1) is 5.92 Å². The van der Waals surface area contributed by atoms with E-state index in [2.05, 4.69) is 5.32 Å². The van der Waals surface area contributed by atoms with Crippen LogP contribution in [0, 0.1) is 6.92 Å². The number of hydrogen-bond acceptors (Lipinski definition) is 2. The van der Waals surface area contributed by atoms with E-state index >= 15 is 0 Å². The van der Waals surface area contributed by atoms with Crippen LogP contribution in [0.15, 0.2) is 78.9 Å². The highest BCUT2D eigenvalue weighted by atomic mass is 16.1. The van der Waals surface area contributed by atoms with Crippen molar-refractivity contribution in [2.24, 2.45) is 0 Å². The molecule has 0 unspecified atom stereocenters. The molecule has 0 saturated carbocycles. The lowest BCUT2D eigenvalue weighted by Crippen LogP contribution is -2.27. The highest BCUT2D eigenvalue weighted by Gasteiger charge is 2.17. The molecule has 3 aromatic rings. The third kappa shape index (κ3) is 4.50. The average molecular weight is 357 g/mol. The van der Waals surface area contributed by atoms with E-state index in [9.17, 15) is 9.59 Å². The smallest absolute Gasteiger partial charge is 0.227 e. The lowest BCUT2D eigenvalue weighted by atomic mass is 9.95. The molecule has 0 aromatic heterocycles. The van der Waals surface area contributed by atoms with Crippen molar-refractivity contribution in [1.82, 2.24) is 5.32 Å². The molecule has 136 valence electrons. The van der Waals surface area contributed by atoms with Gasteiger partial charge in [0, 0.05) is 17.7 Å². The van der Waals surface area contributed by atoms with Gasteiger partial charge in [0.2, 0.25) is 5.91 Å². The van der Waals surface area contributed by atoms with Crippen molar-refractivity contribution < 1.29 is 9.59 Å². The second-order valence-electron chi connectivity index (χ2n) is 6.69. The van der Waals surface area contributed by atoms with Crippen LogP contribution in [0.3, 0.4) is 0 Å². The van der Waals surface area contributed by atoms with Gasteiger partial charge in [-0.3, -0.25) is 9.59 Å². The van der Waals surface area contributed by atoms with Crippen LogP contribution in [-0.4, -0.2) is 11.7 Å². The fourth-order valence-corrected chi connectivity index (χ4v) is 3.00. The van der Waals surface area contributed by atoms with Crippen molar-refractivity contribution in [3.8, 4) is 0 Å². The second kappa shape index (κ2) is 8.45. The molecule has 1 N–H and O–H groups in total. The molecule has 3 aromatic carbocycles. The molecule has 1 amide bonds. The van der Waals surface area contributed by atoms with Gasteiger partial charge < -0.3 is 5.32 Å². The summed E-state index contributed by atoms with van der Waals surface area (Å²) in [6.45, 7) is 4.39. The van der Waals surface area contributed by atoms with Gasteiger partial charge in [-0.1, -0.05) is 72.8 Å². The minimum atomic E-state index is -0.336. The number of carbonyl (C=O) groups excluding carboxylic acids is 2. The summed E-state index contributed by atoms with van der Waals surface area (Å²) in [5.74, 6) is -0.426. The van der Waals surface area contributed by atoms with Gasteiger partial charge in [0.25, 0.3) is 0 Å². The van der Waals surface area contributed by atoms with Crippen molar-refractivity contribution in [2.75, 3.05) is 0 Å². The molecule has 1 atom stereocenters. The lowest BCUT2D eigenvalue weighted by Gasteiger charge is -2.14. The maximum Gasteiger partial charge on any atom is 0.227 e. The summed E-state index contributed by atoms with van der Waals surface area (Å²) in [4.78, 5) is 25.2. The zero-order chi connectivity index (χ0) is 19.2. The summed E-state index contributed by atoms with van der Waals surface area (Å²) >= 11 is 0. The van der Waals surface area contributed by atoms with Crippen molar-refractivity contribution in [1.29, 1.82) is 0 Å². The van der Waals surface area contributed by atoms with Gasteiger partial charge in [-0.2, -0.15) is 0 Å². The highest BCUT2D eigenvalue weighted by molar-refractivity contribution is 6.09. The fourth-order valence-electron chi connectivity index (χ4n) is 3.00. The molecular formula is C24H23NO2. The quantitative estimate of drug-likeness (QED) is 0.653. The predicted octanol–water partition coefficient (Wildman–Crippen LogP) is 4.65. The second-order valence-corrected chi connectivity index (χ2v) is 6.69. The van der Waals surface area contributed by atoms with Crippen LogP contribution in [0.5, 0.6) is 0 Å². The third-order valence-corrected chi connectivity index (χ3v) is 4.79. The monoisotopic (exact) mass is 357 g/mol. The Kier molecular flexibility index (Phi) is 5.82. The molecule has 0 saturated heterocycles. The molecular weight excluding hydrogens is 334 g/mol. The molecule has 27 heavy (non-hydrogen) atoms. The van der Waals surface area contributed by atoms with Gasteiger partial charge in [0.15, 0.2) is 5.78 Å². The summed E-state index contributed by atoms with van der Waals surface area (Å²) < 4.78 is 0. The highest BCUT2D eigenvalue weighted by Crippen LogP contribution is 2.19. The van der Waals surface area contributed by atoms with E-state index in [1.807, 2.05) is 74.5 Å². The minimum Gasteiger partial charge on any atom is -0.351 e. The van der Waals surface area contributed by atoms with Gasteiger partial charge in [-0.15, -0.1) is 0 Å². The van der Waals surface area contributed by atoms with Gasteiger partial charge in [-0.25, -0.2) is 0 Å². The van der Waals surface area contributed by atoms with Crippen molar-refractivity contribution in [2.45, 2.75) is 26.3 Å². The molecule has 0 aliphatic heterocycles. The third-order valence-electron chi connectivity index (χ3n) is 4.79. The molecule has 0 radical (unpaired) electrons. The molecule has 0 heterocycles. The maximum absolute atomic E-state index is 12.6. The summed E-state index contributed by atoms with van der Waals surface area (Å²) in [5.41, 5.74) is 4.33. The molecule has 0 fully saturated rings. The Hall–Kier alpha value is -3.20. The lowest BCUT2D eigenvalue weighted by molar-refractivity contribution is -0.122. The van der Waals surface area contributed by atoms with Gasteiger partial charge in [-0.05, 0) is 36.6 Å². The SMILES string of the molecule is Cc1ccccc1CNC(=O)[C@H](C)c1cccc(C(=O)c2ccccc2)c1. The van der Waals surface area contributed by atoms with Crippen LogP contribution in [-0.2, 0) is 11.3 Å². The normalized spacial score (nSPS) is 11.6. The van der Waals surface area contributed by atoms with Crippen LogP contribution < -0.4 is 5.32 Å². The number of amides is 1. The zero-order valence-electron chi connectivity index (χ0n) is 15.6. The summed E-state index contributed by atoms with van der Waals surface area (Å²) in [5, 5.41) is 2.99. The minimum absolute atomic E-state index is 0.0371. The Labute approximate surface area is 160 Å². The molecule has 3 rings (SSSR count). The largest absolute Gasteiger partial charge is 0.351 e. The van der Waals surface area contributed by atoms with E-state index in [1.54, 1.807) is 18.2 Å². The van der Waals surface area contributed by atoms with E-state index in [0.717, 1.165) is 16.7 Å². The first-order valence-corrected chi connectivity index (χ1v) is 9.08. The number of hydrogen-bond donors (Lipinski definition) is 1. The number of carbonyl (C=O) groups is 2. The van der Waals surface area contributed by atoms with Crippen molar-refractivity contribution >= 4 is 11.7 Å². The standard InChI is InChI=1S/C24H23NO2/c1-17-9-6-7-12-22(17)16-25-24(27)18(2)20-13-8-14-21(15-20)23(26)19-10-4-3-5-11-19/h3-15,18H,16H2,1-2H3,(H,25,27)/t18-/m1/s1. The Bertz CT molecular complexity index is 947. The Morgan fingerprint density at radius 1 is 0.852 bits per heavy atom. The first-order valence-electron chi connectivity index (χ1n) is 9.08. The summed E-state index contributed by atoms with van der Waals surface area (Å²) in [7, 11) is 0. The molecule has 0 aliphatic carbocycles. The van der Waals surface area contributed by atoms with E-state index in [-0.39, 0.29) is 17.6 Å². The van der Waals surface area contributed by atoms with Crippen LogP contribution in [0.4, 0.5) is 0 Å².